The molecule has 6 rings (SSSR count). The van der Waals surface area contributed by atoms with Crippen molar-refractivity contribution < 1.29 is 0 Å². The first-order chi connectivity index (χ1) is 20.2. The Morgan fingerprint density at radius 1 is 1.02 bits per heavy atom. The number of nitriles is 1. The number of allylic oxidation sites excluding steroid dienone is 1. The van der Waals surface area contributed by atoms with Gasteiger partial charge in [-0.3, -0.25) is 14.5 Å². The van der Waals surface area contributed by atoms with Crippen LogP contribution in [0, 0.1) is 11.3 Å². The van der Waals surface area contributed by atoms with Gasteiger partial charge in [0.1, 0.15) is 0 Å². The normalized spacial score (nSPS) is 12.6. The number of nitrogens with zero attached hydrogens (tertiary/aromatic N) is 7. The van der Waals surface area contributed by atoms with E-state index in [1.165, 1.54) is 0 Å². The summed E-state index contributed by atoms with van der Waals surface area (Å²) in [6.45, 7) is 5.78. The van der Waals surface area contributed by atoms with Crippen LogP contribution in [0.15, 0.2) is 78.0 Å². The molecular weight excluding hydrogens is 524 g/mol. The van der Waals surface area contributed by atoms with E-state index in [2.05, 4.69) is 33.2 Å². The fourth-order valence-electron chi connectivity index (χ4n) is 5.26. The van der Waals surface area contributed by atoms with E-state index >= 15 is 0 Å². The first kappa shape index (κ1) is 26.8. The van der Waals surface area contributed by atoms with Gasteiger partial charge < -0.3 is 10.3 Å². The molecular formula is C33H30N8O. The number of hydrogen-bond donors (Lipinski definition) is 1. The minimum atomic E-state index is -0.629. The molecule has 2 N–H and O–H groups in total. The topological polar surface area (TPSA) is 128 Å². The molecule has 0 saturated heterocycles. The summed E-state index contributed by atoms with van der Waals surface area (Å²) in [5.74, 6) is 0.263. The standard InChI is InChI=1S/C33H30N8O/c1-5-23-16-28(39-31(35)38-23)25-10-11-27-26(25)14-21(17-37-27)20-12-13-36-29(15-20)30-18-40(4)32(42)41(30)24-8-6-22(7-9-24)33(2,3)19-34/h6-10,12-18H,5,11H2,1-4H3,(H2,35,38,39). The fraction of sp³-hybridized carbons (Fsp3) is 0.212. The number of rotatable bonds is 6. The maximum Gasteiger partial charge on any atom is 0.333 e. The molecule has 1 aliphatic rings. The monoisotopic (exact) mass is 554 g/mol. The van der Waals surface area contributed by atoms with Gasteiger partial charge in [0.05, 0.1) is 39.9 Å². The van der Waals surface area contributed by atoms with Gasteiger partial charge in [0, 0.05) is 54.5 Å². The van der Waals surface area contributed by atoms with Crippen LogP contribution in [-0.4, -0.2) is 29.1 Å². The van der Waals surface area contributed by atoms with Gasteiger partial charge in [-0.25, -0.2) is 14.8 Å². The van der Waals surface area contributed by atoms with E-state index in [1.807, 2.05) is 69.4 Å². The lowest BCUT2D eigenvalue weighted by Gasteiger charge is -2.16. The third-order valence-corrected chi connectivity index (χ3v) is 7.73. The van der Waals surface area contributed by atoms with Crippen molar-refractivity contribution in [2.24, 2.45) is 7.05 Å². The largest absolute Gasteiger partial charge is 0.368 e. The highest BCUT2D eigenvalue weighted by molar-refractivity contribution is 5.85. The first-order valence-corrected chi connectivity index (χ1v) is 13.8. The van der Waals surface area contributed by atoms with Crippen molar-refractivity contribution in [3.8, 4) is 34.3 Å². The summed E-state index contributed by atoms with van der Waals surface area (Å²) in [4.78, 5) is 31.5. The molecule has 4 heterocycles. The second kappa shape index (κ2) is 10.2. The molecule has 0 unspecified atom stereocenters. The molecule has 4 aromatic heterocycles. The van der Waals surface area contributed by atoms with E-state index in [0.29, 0.717) is 17.1 Å². The van der Waals surface area contributed by atoms with Gasteiger partial charge in [0.2, 0.25) is 5.95 Å². The van der Waals surface area contributed by atoms with Gasteiger partial charge in [-0.05, 0) is 67.8 Å². The van der Waals surface area contributed by atoms with Gasteiger partial charge in [0.15, 0.2) is 0 Å². The Hall–Kier alpha value is -5.36. The lowest BCUT2D eigenvalue weighted by atomic mass is 9.86. The van der Waals surface area contributed by atoms with E-state index in [4.69, 9.17) is 10.7 Å². The molecule has 0 amide bonds. The third-order valence-electron chi connectivity index (χ3n) is 7.73. The van der Waals surface area contributed by atoms with Gasteiger partial charge in [-0.2, -0.15) is 5.26 Å². The number of imidazole rings is 1. The zero-order valence-electron chi connectivity index (χ0n) is 24.0. The quantitative estimate of drug-likeness (QED) is 0.312. The van der Waals surface area contributed by atoms with Gasteiger partial charge >= 0.3 is 5.69 Å². The summed E-state index contributed by atoms with van der Waals surface area (Å²) >= 11 is 0. The number of aromatic nitrogens is 6. The average molecular weight is 555 g/mol. The van der Waals surface area contributed by atoms with Crippen LogP contribution in [0.1, 0.15) is 49.0 Å². The first-order valence-electron chi connectivity index (χ1n) is 13.8. The van der Waals surface area contributed by atoms with Gasteiger partial charge in [0.25, 0.3) is 0 Å². The number of pyridine rings is 2. The SMILES string of the molecule is CCc1cc(C2=CCc3ncc(-c4ccnc(-c5cn(C)c(=O)n5-c5ccc(C(C)(C)C#N)cc5)c4)cc32)nc(N)n1. The average Bonchev–Trinajstić information content (AvgIpc) is 3.57. The smallest absolute Gasteiger partial charge is 0.333 e. The Labute approximate surface area is 243 Å². The van der Waals surface area contributed by atoms with Crippen LogP contribution in [0.3, 0.4) is 0 Å². The van der Waals surface area contributed by atoms with Crippen molar-refractivity contribution >= 4 is 11.5 Å². The Kier molecular flexibility index (Phi) is 6.54. The Morgan fingerprint density at radius 3 is 2.55 bits per heavy atom. The van der Waals surface area contributed by atoms with Crippen LogP contribution in [0.25, 0.3) is 33.8 Å². The summed E-state index contributed by atoms with van der Waals surface area (Å²) in [7, 11) is 1.72. The molecule has 1 aromatic carbocycles. The number of aryl methyl sites for hydroxylation is 2. The highest BCUT2D eigenvalue weighted by Gasteiger charge is 2.22. The maximum atomic E-state index is 13.2. The minimum absolute atomic E-state index is 0.186. The number of nitrogens with two attached hydrogens (primary N) is 1. The highest BCUT2D eigenvalue weighted by Crippen LogP contribution is 2.35. The fourth-order valence-corrected chi connectivity index (χ4v) is 5.26. The van der Waals surface area contributed by atoms with E-state index in [-0.39, 0.29) is 11.6 Å². The van der Waals surface area contributed by atoms with Crippen LogP contribution >= 0.6 is 0 Å². The highest BCUT2D eigenvalue weighted by atomic mass is 16.1. The molecule has 0 saturated carbocycles. The summed E-state index contributed by atoms with van der Waals surface area (Å²) in [6.07, 6.45) is 9.02. The predicted octanol–water partition coefficient (Wildman–Crippen LogP) is 5.02. The van der Waals surface area contributed by atoms with Crippen molar-refractivity contribution in [2.75, 3.05) is 5.73 Å². The lowest BCUT2D eigenvalue weighted by molar-refractivity contribution is 0.686. The van der Waals surface area contributed by atoms with Crippen molar-refractivity contribution in [1.29, 1.82) is 5.26 Å². The third kappa shape index (κ3) is 4.67. The summed E-state index contributed by atoms with van der Waals surface area (Å²) < 4.78 is 3.19. The van der Waals surface area contributed by atoms with Crippen molar-refractivity contribution in [2.45, 2.75) is 39.0 Å². The molecule has 42 heavy (non-hydrogen) atoms. The van der Waals surface area contributed by atoms with Crippen LogP contribution in [0.2, 0.25) is 0 Å². The summed E-state index contributed by atoms with van der Waals surface area (Å²) in [5.41, 5.74) is 14.6. The van der Waals surface area contributed by atoms with E-state index in [1.54, 1.807) is 28.6 Å². The predicted molar refractivity (Wildman–Crippen MR) is 163 cm³/mol. The number of hydrogen-bond acceptors (Lipinski definition) is 7. The number of anilines is 1. The van der Waals surface area contributed by atoms with Crippen LogP contribution in [0.4, 0.5) is 5.95 Å². The minimum Gasteiger partial charge on any atom is -0.368 e. The Morgan fingerprint density at radius 2 is 1.81 bits per heavy atom. The second-order valence-electron chi connectivity index (χ2n) is 11.0. The van der Waals surface area contributed by atoms with Gasteiger partial charge in [-0.1, -0.05) is 25.1 Å². The molecule has 0 aliphatic heterocycles. The van der Waals surface area contributed by atoms with Crippen molar-refractivity contribution in [3.05, 3.63) is 112 Å². The molecule has 0 spiro atoms. The molecule has 0 radical (unpaired) electrons. The van der Waals surface area contributed by atoms with Crippen LogP contribution in [-0.2, 0) is 25.3 Å². The van der Waals surface area contributed by atoms with E-state index in [0.717, 1.165) is 57.8 Å². The number of benzene rings is 1. The molecule has 208 valence electrons. The zero-order chi connectivity index (χ0) is 29.6. The van der Waals surface area contributed by atoms with Crippen LogP contribution in [0.5, 0.6) is 0 Å². The maximum absolute atomic E-state index is 13.2. The van der Waals surface area contributed by atoms with Crippen LogP contribution < -0.4 is 11.4 Å². The molecule has 1 aliphatic carbocycles. The number of fused-ring (bicyclic) bond motifs is 1. The van der Waals surface area contributed by atoms with E-state index < -0.39 is 5.41 Å². The Bertz CT molecular complexity index is 1970. The molecule has 0 bridgehead atoms. The zero-order valence-corrected chi connectivity index (χ0v) is 24.0. The molecule has 5 aromatic rings. The van der Waals surface area contributed by atoms with E-state index in [9.17, 15) is 10.1 Å². The lowest BCUT2D eigenvalue weighted by Crippen LogP contribution is -2.21. The molecule has 9 heteroatoms. The molecule has 0 fully saturated rings. The summed E-state index contributed by atoms with van der Waals surface area (Å²) in [6, 6.07) is 17.9. The summed E-state index contributed by atoms with van der Waals surface area (Å²) in [5, 5.41) is 9.52. The van der Waals surface area contributed by atoms with Crippen molar-refractivity contribution in [3.63, 3.8) is 0 Å². The van der Waals surface area contributed by atoms with Crippen molar-refractivity contribution in [1.82, 2.24) is 29.1 Å². The molecule has 0 atom stereocenters. The second-order valence-corrected chi connectivity index (χ2v) is 11.0. The molecule has 9 nitrogen and oxygen atoms in total. The van der Waals surface area contributed by atoms with Gasteiger partial charge in [-0.15, -0.1) is 0 Å². The number of nitrogen functional groups attached to an aromatic ring is 1. The Balaban J connectivity index is 1.39.